The van der Waals surface area contributed by atoms with Gasteiger partial charge in [0.05, 0.1) is 11.4 Å². The van der Waals surface area contributed by atoms with E-state index in [4.69, 9.17) is 10.0 Å². The fourth-order valence-electron chi connectivity index (χ4n) is 1.71. The van der Waals surface area contributed by atoms with Crippen LogP contribution in [0, 0.1) is 12.7 Å². The van der Waals surface area contributed by atoms with Gasteiger partial charge < -0.3 is 10.0 Å². The van der Waals surface area contributed by atoms with Crippen molar-refractivity contribution >= 4 is 12.6 Å². The Morgan fingerprint density at radius 2 is 2.06 bits per heavy atom. The Morgan fingerprint density at radius 3 is 2.53 bits per heavy atom. The maximum Gasteiger partial charge on any atom is 0.488 e. The van der Waals surface area contributed by atoms with Crippen LogP contribution in [0.4, 0.5) is 4.39 Å². The molecule has 88 valence electrons. The molecule has 0 aliphatic heterocycles. The highest BCUT2D eigenvalue weighted by atomic mass is 19.1. The Balaban J connectivity index is 2.54. The highest BCUT2D eigenvalue weighted by molar-refractivity contribution is 6.58. The van der Waals surface area contributed by atoms with E-state index >= 15 is 0 Å². The molecule has 5 nitrogen and oxygen atoms in total. The number of hydrogen-bond donors (Lipinski definition) is 2. The SMILES string of the molecule is Cc1nnn(C)c1-c1ccc(B(O)O)cc1F. The van der Waals surface area contributed by atoms with Crippen LogP contribution in [0.15, 0.2) is 18.2 Å². The molecule has 1 heterocycles. The third kappa shape index (κ3) is 2.06. The highest BCUT2D eigenvalue weighted by Gasteiger charge is 2.17. The van der Waals surface area contributed by atoms with Crippen LogP contribution in [0.1, 0.15) is 5.69 Å². The second-order valence-electron chi connectivity index (χ2n) is 3.76. The van der Waals surface area contributed by atoms with Crippen LogP contribution in [-0.4, -0.2) is 32.2 Å². The molecule has 0 bridgehead atoms. The second kappa shape index (κ2) is 4.27. The van der Waals surface area contributed by atoms with Crippen LogP contribution in [0.5, 0.6) is 0 Å². The third-order valence-electron chi connectivity index (χ3n) is 2.54. The molecule has 2 aromatic rings. The normalized spacial score (nSPS) is 10.6. The van der Waals surface area contributed by atoms with Gasteiger partial charge in [-0.2, -0.15) is 0 Å². The van der Waals surface area contributed by atoms with Crippen LogP contribution >= 0.6 is 0 Å². The van der Waals surface area contributed by atoms with E-state index in [1.54, 1.807) is 14.0 Å². The van der Waals surface area contributed by atoms with Crippen LogP contribution in [0.25, 0.3) is 11.3 Å². The minimum Gasteiger partial charge on any atom is -0.423 e. The predicted octanol–water partition coefficient (Wildman–Crippen LogP) is -0.391. The molecule has 0 saturated carbocycles. The predicted molar refractivity (Wildman–Crippen MR) is 61.0 cm³/mol. The Morgan fingerprint density at radius 1 is 1.35 bits per heavy atom. The molecule has 7 heteroatoms. The van der Waals surface area contributed by atoms with E-state index in [0.29, 0.717) is 17.0 Å². The third-order valence-corrected chi connectivity index (χ3v) is 2.54. The lowest BCUT2D eigenvalue weighted by molar-refractivity contribution is 0.425. The van der Waals surface area contributed by atoms with Crippen molar-refractivity contribution in [3.63, 3.8) is 0 Å². The van der Waals surface area contributed by atoms with Gasteiger partial charge in [-0.05, 0) is 18.5 Å². The molecule has 0 unspecified atom stereocenters. The molecule has 0 aliphatic rings. The van der Waals surface area contributed by atoms with Gasteiger partial charge in [0.25, 0.3) is 0 Å². The standard InChI is InChI=1S/C10H11BFN3O2/c1-6-10(15(2)14-13-6)8-4-3-7(11(16)17)5-9(8)12/h3-5,16-17H,1-2H3. The van der Waals surface area contributed by atoms with E-state index in [1.165, 1.54) is 16.8 Å². The zero-order valence-corrected chi connectivity index (χ0v) is 9.42. The zero-order chi connectivity index (χ0) is 12.6. The van der Waals surface area contributed by atoms with Crippen LogP contribution in [0.2, 0.25) is 0 Å². The van der Waals surface area contributed by atoms with Crippen molar-refractivity contribution < 1.29 is 14.4 Å². The summed E-state index contributed by atoms with van der Waals surface area (Å²) in [7, 11) is -0.00635. The summed E-state index contributed by atoms with van der Waals surface area (Å²) >= 11 is 0. The van der Waals surface area contributed by atoms with Gasteiger partial charge in [-0.25, -0.2) is 9.07 Å². The molecule has 0 saturated heterocycles. The summed E-state index contributed by atoms with van der Waals surface area (Å²) < 4.78 is 15.3. The quantitative estimate of drug-likeness (QED) is 0.695. The van der Waals surface area contributed by atoms with Crippen molar-refractivity contribution in [1.82, 2.24) is 15.0 Å². The lowest BCUT2D eigenvalue weighted by Gasteiger charge is -2.06. The van der Waals surface area contributed by atoms with E-state index in [2.05, 4.69) is 10.3 Å². The second-order valence-corrected chi connectivity index (χ2v) is 3.76. The molecule has 0 atom stereocenters. The van der Waals surface area contributed by atoms with Gasteiger partial charge >= 0.3 is 7.12 Å². The number of aryl methyl sites for hydroxylation is 2. The van der Waals surface area contributed by atoms with E-state index < -0.39 is 12.9 Å². The fraction of sp³-hybridized carbons (Fsp3) is 0.200. The molecule has 17 heavy (non-hydrogen) atoms. The Hall–Kier alpha value is -1.73. The summed E-state index contributed by atoms with van der Waals surface area (Å²) in [6.07, 6.45) is 0. The summed E-state index contributed by atoms with van der Waals surface area (Å²) in [6.45, 7) is 1.73. The van der Waals surface area contributed by atoms with E-state index in [-0.39, 0.29) is 5.46 Å². The van der Waals surface area contributed by atoms with Crippen molar-refractivity contribution in [2.24, 2.45) is 7.05 Å². The van der Waals surface area contributed by atoms with Crippen LogP contribution in [-0.2, 0) is 7.05 Å². The molecular formula is C10H11BFN3O2. The summed E-state index contributed by atoms with van der Waals surface area (Å²) in [5, 5.41) is 25.5. The highest BCUT2D eigenvalue weighted by Crippen LogP contribution is 2.23. The smallest absolute Gasteiger partial charge is 0.423 e. The zero-order valence-electron chi connectivity index (χ0n) is 9.42. The average molecular weight is 235 g/mol. The number of rotatable bonds is 2. The van der Waals surface area contributed by atoms with Crippen LogP contribution in [0.3, 0.4) is 0 Å². The molecule has 0 amide bonds. The first-order chi connectivity index (χ1) is 8.00. The van der Waals surface area contributed by atoms with Gasteiger partial charge in [-0.15, -0.1) is 5.10 Å². The van der Waals surface area contributed by atoms with Gasteiger partial charge in [-0.3, -0.25) is 0 Å². The molecule has 0 aliphatic carbocycles. The Kier molecular flexibility index (Phi) is 2.95. The molecule has 0 fully saturated rings. The van der Waals surface area contributed by atoms with Crippen molar-refractivity contribution in [2.75, 3.05) is 0 Å². The lowest BCUT2D eigenvalue weighted by Crippen LogP contribution is -2.30. The van der Waals surface area contributed by atoms with Crippen molar-refractivity contribution in [3.8, 4) is 11.3 Å². The minimum atomic E-state index is -1.68. The van der Waals surface area contributed by atoms with Gasteiger partial charge in [0.2, 0.25) is 0 Å². The number of halogens is 1. The Bertz CT molecular complexity index is 537. The summed E-state index contributed by atoms with van der Waals surface area (Å²) in [6, 6.07) is 4.03. The Labute approximate surface area is 97.7 Å². The van der Waals surface area contributed by atoms with Crippen molar-refractivity contribution in [3.05, 3.63) is 29.7 Å². The van der Waals surface area contributed by atoms with Gasteiger partial charge in [0, 0.05) is 12.6 Å². The largest absolute Gasteiger partial charge is 0.488 e. The average Bonchev–Trinajstić information content (AvgIpc) is 2.59. The lowest BCUT2D eigenvalue weighted by atomic mass is 9.80. The van der Waals surface area contributed by atoms with Gasteiger partial charge in [0.15, 0.2) is 0 Å². The van der Waals surface area contributed by atoms with Gasteiger partial charge in [0.1, 0.15) is 5.82 Å². The molecule has 1 aromatic carbocycles. The molecule has 2 rings (SSSR count). The summed E-state index contributed by atoms with van der Waals surface area (Å²) in [5.41, 5.74) is 1.63. The first-order valence-electron chi connectivity index (χ1n) is 5.03. The van der Waals surface area contributed by atoms with E-state index in [0.717, 1.165) is 6.07 Å². The minimum absolute atomic E-state index is 0.110. The first kappa shape index (κ1) is 11.8. The van der Waals surface area contributed by atoms with Crippen molar-refractivity contribution in [2.45, 2.75) is 6.92 Å². The summed E-state index contributed by atoms with van der Waals surface area (Å²) in [4.78, 5) is 0. The van der Waals surface area contributed by atoms with Gasteiger partial charge in [-0.1, -0.05) is 17.3 Å². The van der Waals surface area contributed by atoms with E-state index in [9.17, 15) is 4.39 Å². The molecule has 0 spiro atoms. The maximum absolute atomic E-state index is 13.8. The monoisotopic (exact) mass is 235 g/mol. The fourth-order valence-corrected chi connectivity index (χ4v) is 1.71. The molecule has 1 aromatic heterocycles. The summed E-state index contributed by atoms with van der Waals surface area (Å²) in [5.74, 6) is -0.538. The number of aromatic nitrogens is 3. The number of hydrogen-bond acceptors (Lipinski definition) is 4. The number of nitrogens with zero attached hydrogens (tertiary/aromatic N) is 3. The number of benzene rings is 1. The topological polar surface area (TPSA) is 71.2 Å². The van der Waals surface area contributed by atoms with Crippen molar-refractivity contribution in [1.29, 1.82) is 0 Å². The van der Waals surface area contributed by atoms with Crippen LogP contribution < -0.4 is 5.46 Å². The van der Waals surface area contributed by atoms with E-state index in [1.807, 2.05) is 0 Å². The maximum atomic E-state index is 13.8. The molecular weight excluding hydrogens is 224 g/mol. The molecule has 2 N–H and O–H groups in total. The molecule has 0 radical (unpaired) electrons. The first-order valence-corrected chi connectivity index (χ1v) is 5.03.